The number of aromatic nitrogens is 1. The van der Waals surface area contributed by atoms with E-state index in [-0.39, 0.29) is 5.63 Å². The zero-order chi connectivity index (χ0) is 17.5. The van der Waals surface area contributed by atoms with Gasteiger partial charge in [0.1, 0.15) is 5.58 Å². The first kappa shape index (κ1) is 15.4. The summed E-state index contributed by atoms with van der Waals surface area (Å²) in [4.78, 5) is 21.0. The van der Waals surface area contributed by atoms with Crippen LogP contribution in [0.15, 0.2) is 63.8 Å². The van der Waals surface area contributed by atoms with Crippen molar-refractivity contribution in [2.45, 2.75) is 0 Å². The Morgan fingerprint density at radius 2 is 1.65 bits per heavy atom. The van der Waals surface area contributed by atoms with Gasteiger partial charge in [-0.1, -0.05) is 29.5 Å². The molecule has 2 aromatic carbocycles. The van der Waals surface area contributed by atoms with Crippen molar-refractivity contribution in [3.63, 3.8) is 0 Å². The van der Waals surface area contributed by atoms with E-state index in [1.165, 1.54) is 11.8 Å². The maximum Gasteiger partial charge on any atom is 0.336 e. The molecule has 0 saturated carbocycles. The highest BCUT2D eigenvalue weighted by atomic mass is 32.1. The lowest BCUT2D eigenvalue weighted by molar-refractivity contribution is 0.561. The van der Waals surface area contributed by atoms with Crippen LogP contribution in [0.25, 0.3) is 21.2 Å². The molecule has 3 heterocycles. The van der Waals surface area contributed by atoms with E-state index in [1.807, 2.05) is 24.3 Å². The van der Waals surface area contributed by atoms with E-state index < -0.39 is 0 Å². The van der Waals surface area contributed by atoms with Crippen molar-refractivity contribution in [1.29, 1.82) is 0 Å². The van der Waals surface area contributed by atoms with Crippen LogP contribution in [0.1, 0.15) is 0 Å². The first-order valence-electron chi connectivity index (χ1n) is 8.66. The van der Waals surface area contributed by atoms with Gasteiger partial charge in [-0.05, 0) is 30.3 Å². The van der Waals surface area contributed by atoms with E-state index in [1.54, 1.807) is 11.3 Å². The Balaban J connectivity index is 1.43. The summed E-state index contributed by atoms with van der Waals surface area (Å²) in [6.45, 7) is 3.86. The summed E-state index contributed by atoms with van der Waals surface area (Å²) in [6.07, 6.45) is 0. The fourth-order valence-corrected chi connectivity index (χ4v) is 4.59. The summed E-state index contributed by atoms with van der Waals surface area (Å²) in [5, 5.41) is 1.99. The highest BCUT2D eigenvalue weighted by Crippen LogP contribution is 2.34. The Bertz CT molecular complexity index is 1130. The molecule has 0 unspecified atom stereocenters. The molecule has 0 spiro atoms. The molecule has 130 valence electrons. The molecule has 0 amide bonds. The first-order chi connectivity index (χ1) is 12.8. The number of piperazine rings is 1. The standard InChI is InChI=1S/C20H17N3O2S/c24-18-9-6-15-17(25-18)8-7-16-19(15)26-20(21-16)23-12-10-22(11-13-23)14-4-2-1-3-5-14/h1-9H,10-13H2. The molecular formula is C20H17N3O2S. The maximum atomic E-state index is 11.4. The number of rotatable bonds is 2. The zero-order valence-electron chi connectivity index (χ0n) is 14.1. The van der Waals surface area contributed by atoms with Gasteiger partial charge < -0.3 is 14.2 Å². The molecule has 0 N–H and O–H groups in total. The molecule has 4 aromatic rings. The molecule has 5 rings (SSSR count). The van der Waals surface area contributed by atoms with Gasteiger partial charge >= 0.3 is 5.63 Å². The lowest BCUT2D eigenvalue weighted by Gasteiger charge is -2.35. The minimum atomic E-state index is -0.321. The second-order valence-electron chi connectivity index (χ2n) is 6.39. The maximum absolute atomic E-state index is 11.4. The number of anilines is 2. The molecule has 1 fully saturated rings. The third kappa shape index (κ3) is 2.63. The number of benzene rings is 2. The zero-order valence-corrected chi connectivity index (χ0v) is 14.9. The van der Waals surface area contributed by atoms with Crippen LogP contribution < -0.4 is 15.4 Å². The van der Waals surface area contributed by atoms with Crippen molar-refractivity contribution in [3.8, 4) is 0 Å². The normalized spacial score (nSPS) is 15.1. The lowest BCUT2D eigenvalue weighted by Crippen LogP contribution is -2.46. The molecule has 26 heavy (non-hydrogen) atoms. The predicted molar refractivity (Wildman–Crippen MR) is 107 cm³/mol. The number of thiazole rings is 1. The quantitative estimate of drug-likeness (QED) is 0.508. The number of hydrogen-bond acceptors (Lipinski definition) is 6. The van der Waals surface area contributed by atoms with Crippen LogP contribution in [0.4, 0.5) is 10.8 Å². The Kier molecular flexibility index (Phi) is 3.64. The van der Waals surface area contributed by atoms with Crippen LogP contribution in [0.2, 0.25) is 0 Å². The topological polar surface area (TPSA) is 49.6 Å². The molecule has 0 bridgehead atoms. The molecule has 1 saturated heterocycles. The van der Waals surface area contributed by atoms with Gasteiger partial charge in [-0.25, -0.2) is 9.78 Å². The Labute approximate surface area is 154 Å². The molecule has 1 aliphatic rings. The second kappa shape index (κ2) is 6.14. The van der Waals surface area contributed by atoms with Crippen molar-refractivity contribution in [3.05, 3.63) is 65.0 Å². The van der Waals surface area contributed by atoms with Crippen LogP contribution in [0, 0.1) is 0 Å². The molecule has 5 nitrogen and oxygen atoms in total. The number of hydrogen-bond donors (Lipinski definition) is 0. The van der Waals surface area contributed by atoms with E-state index in [2.05, 4.69) is 34.1 Å². The van der Waals surface area contributed by atoms with Crippen LogP contribution in [-0.4, -0.2) is 31.2 Å². The lowest BCUT2D eigenvalue weighted by atomic mass is 10.2. The number of fused-ring (bicyclic) bond motifs is 3. The molecular weight excluding hydrogens is 346 g/mol. The highest BCUT2D eigenvalue weighted by Gasteiger charge is 2.20. The van der Waals surface area contributed by atoms with Gasteiger partial charge in [-0.15, -0.1) is 0 Å². The SMILES string of the molecule is O=c1ccc2c(ccc3nc(N4CCN(c5ccccc5)CC4)sc32)o1. The van der Waals surface area contributed by atoms with Gasteiger partial charge in [0.2, 0.25) is 0 Å². The van der Waals surface area contributed by atoms with E-state index in [0.29, 0.717) is 5.58 Å². The molecule has 0 radical (unpaired) electrons. The minimum absolute atomic E-state index is 0.321. The van der Waals surface area contributed by atoms with E-state index in [9.17, 15) is 4.79 Å². The average molecular weight is 363 g/mol. The van der Waals surface area contributed by atoms with Crippen LogP contribution >= 0.6 is 11.3 Å². The summed E-state index contributed by atoms with van der Waals surface area (Å²) in [7, 11) is 0. The Morgan fingerprint density at radius 1 is 0.885 bits per heavy atom. The molecule has 6 heteroatoms. The van der Waals surface area contributed by atoms with Crippen LogP contribution in [0.5, 0.6) is 0 Å². The van der Waals surface area contributed by atoms with Gasteiger partial charge in [-0.2, -0.15) is 0 Å². The van der Waals surface area contributed by atoms with Gasteiger partial charge in [0.25, 0.3) is 0 Å². The van der Waals surface area contributed by atoms with Crippen molar-refractivity contribution in [2.75, 3.05) is 36.0 Å². The van der Waals surface area contributed by atoms with Crippen molar-refractivity contribution < 1.29 is 4.42 Å². The first-order valence-corrected chi connectivity index (χ1v) is 9.48. The van der Waals surface area contributed by atoms with Crippen LogP contribution in [0.3, 0.4) is 0 Å². The fraction of sp³-hybridized carbons (Fsp3) is 0.200. The number of para-hydroxylation sites is 1. The second-order valence-corrected chi connectivity index (χ2v) is 7.36. The van der Waals surface area contributed by atoms with Crippen molar-refractivity contribution >= 4 is 43.3 Å². The Morgan fingerprint density at radius 3 is 2.46 bits per heavy atom. The van der Waals surface area contributed by atoms with Gasteiger partial charge in [0, 0.05) is 43.3 Å². The van der Waals surface area contributed by atoms with Crippen molar-refractivity contribution in [2.24, 2.45) is 0 Å². The van der Waals surface area contributed by atoms with Crippen LogP contribution in [-0.2, 0) is 0 Å². The average Bonchev–Trinajstić information content (AvgIpc) is 3.13. The van der Waals surface area contributed by atoms with Crippen molar-refractivity contribution in [1.82, 2.24) is 4.98 Å². The van der Waals surface area contributed by atoms with Gasteiger partial charge in [0.05, 0.1) is 10.2 Å². The smallest absolute Gasteiger partial charge is 0.336 e. The summed E-state index contributed by atoms with van der Waals surface area (Å²) in [5.74, 6) is 0. The minimum Gasteiger partial charge on any atom is -0.423 e. The molecule has 0 atom stereocenters. The van der Waals surface area contributed by atoms with E-state index >= 15 is 0 Å². The monoisotopic (exact) mass is 363 g/mol. The van der Waals surface area contributed by atoms with Gasteiger partial charge in [-0.3, -0.25) is 0 Å². The third-order valence-electron chi connectivity index (χ3n) is 4.81. The largest absolute Gasteiger partial charge is 0.423 e. The fourth-order valence-electron chi connectivity index (χ4n) is 3.45. The van der Waals surface area contributed by atoms with E-state index in [0.717, 1.165) is 46.9 Å². The van der Waals surface area contributed by atoms with E-state index in [4.69, 9.17) is 9.40 Å². The van der Waals surface area contributed by atoms with Gasteiger partial charge in [0.15, 0.2) is 5.13 Å². The molecule has 2 aromatic heterocycles. The highest BCUT2D eigenvalue weighted by molar-refractivity contribution is 7.23. The molecule has 1 aliphatic heterocycles. The number of nitrogens with zero attached hydrogens (tertiary/aromatic N) is 3. The summed E-state index contributed by atoms with van der Waals surface area (Å²) in [6, 6.07) is 17.6. The Hall–Kier alpha value is -2.86. The summed E-state index contributed by atoms with van der Waals surface area (Å²) < 4.78 is 6.37. The molecule has 0 aliphatic carbocycles. The summed E-state index contributed by atoms with van der Waals surface area (Å²) >= 11 is 1.67. The third-order valence-corrected chi connectivity index (χ3v) is 5.98. The summed E-state index contributed by atoms with van der Waals surface area (Å²) in [5.41, 5.74) is 2.53. The predicted octanol–water partition coefficient (Wildman–Crippen LogP) is 3.73.